The van der Waals surface area contributed by atoms with Crippen molar-refractivity contribution in [2.45, 2.75) is 32.9 Å². The number of likely N-dealkylation sites (tertiary alicyclic amines) is 1. The summed E-state index contributed by atoms with van der Waals surface area (Å²) in [6.45, 7) is 5.44. The van der Waals surface area contributed by atoms with Gasteiger partial charge in [-0.05, 0) is 38.8 Å². The highest BCUT2D eigenvalue weighted by atomic mass is 32.1. The van der Waals surface area contributed by atoms with E-state index in [1.807, 2.05) is 25.9 Å². The van der Waals surface area contributed by atoms with E-state index in [1.165, 1.54) is 11.5 Å². The summed E-state index contributed by atoms with van der Waals surface area (Å²) >= 11 is 1.44. The van der Waals surface area contributed by atoms with Gasteiger partial charge in [-0.25, -0.2) is 9.97 Å². The normalized spacial score (nSPS) is 16.5. The standard InChI is InChI=1S/C16H24N6OS/c1-12-8-17-11-22(15(12)23)9-13-4-6-21(7-5-13)10-14-18-16(20(2)3)24-19-14/h8,11,13H,4-7,9-10H2,1-3H3. The third-order valence-corrected chi connectivity index (χ3v) is 5.36. The van der Waals surface area contributed by atoms with Crippen molar-refractivity contribution in [3.05, 3.63) is 34.3 Å². The molecule has 0 saturated carbocycles. The number of rotatable bonds is 5. The molecule has 0 amide bonds. The van der Waals surface area contributed by atoms with Crippen LogP contribution in [0.15, 0.2) is 17.3 Å². The van der Waals surface area contributed by atoms with Gasteiger partial charge in [-0.2, -0.15) is 4.37 Å². The molecule has 0 bridgehead atoms. The molecular weight excluding hydrogens is 324 g/mol. The van der Waals surface area contributed by atoms with Crippen molar-refractivity contribution in [3.63, 3.8) is 0 Å². The smallest absolute Gasteiger partial charge is 0.256 e. The predicted molar refractivity (Wildman–Crippen MR) is 95.5 cm³/mol. The Morgan fingerprint density at radius 1 is 1.33 bits per heavy atom. The second-order valence-corrected chi connectivity index (χ2v) is 7.37. The van der Waals surface area contributed by atoms with Crippen LogP contribution in [0, 0.1) is 12.8 Å². The van der Waals surface area contributed by atoms with Crippen LogP contribution in [0.25, 0.3) is 0 Å². The summed E-state index contributed by atoms with van der Waals surface area (Å²) in [4.78, 5) is 25.2. The molecule has 0 radical (unpaired) electrons. The van der Waals surface area contributed by atoms with Gasteiger partial charge in [0.15, 0.2) is 5.82 Å². The molecule has 0 aromatic carbocycles. The van der Waals surface area contributed by atoms with Crippen molar-refractivity contribution < 1.29 is 0 Å². The van der Waals surface area contributed by atoms with Crippen molar-refractivity contribution in [2.24, 2.45) is 5.92 Å². The maximum Gasteiger partial charge on any atom is 0.256 e. The molecule has 0 atom stereocenters. The molecule has 0 unspecified atom stereocenters. The van der Waals surface area contributed by atoms with Crippen LogP contribution in [0.3, 0.4) is 0 Å². The lowest BCUT2D eigenvalue weighted by atomic mass is 9.96. The molecule has 8 heteroatoms. The molecule has 2 aromatic heterocycles. The summed E-state index contributed by atoms with van der Waals surface area (Å²) in [6, 6.07) is 0. The van der Waals surface area contributed by atoms with Crippen LogP contribution in [-0.2, 0) is 13.1 Å². The number of hydrogen-bond acceptors (Lipinski definition) is 7. The molecule has 2 aromatic rings. The van der Waals surface area contributed by atoms with Crippen molar-refractivity contribution in [3.8, 4) is 0 Å². The van der Waals surface area contributed by atoms with E-state index in [0.29, 0.717) is 11.5 Å². The van der Waals surface area contributed by atoms with Crippen LogP contribution in [0.2, 0.25) is 0 Å². The van der Waals surface area contributed by atoms with Gasteiger partial charge in [0.25, 0.3) is 5.56 Å². The fraction of sp³-hybridized carbons (Fsp3) is 0.625. The van der Waals surface area contributed by atoms with Crippen LogP contribution >= 0.6 is 11.5 Å². The summed E-state index contributed by atoms with van der Waals surface area (Å²) in [7, 11) is 3.97. The molecule has 1 aliphatic rings. The molecule has 1 fully saturated rings. The quantitative estimate of drug-likeness (QED) is 0.813. The zero-order valence-electron chi connectivity index (χ0n) is 14.5. The van der Waals surface area contributed by atoms with Gasteiger partial charge in [-0.3, -0.25) is 14.3 Å². The lowest BCUT2D eigenvalue weighted by Crippen LogP contribution is -2.36. The Hall–Kier alpha value is -1.80. The van der Waals surface area contributed by atoms with Crippen LogP contribution < -0.4 is 10.5 Å². The van der Waals surface area contributed by atoms with Crippen LogP contribution in [-0.4, -0.2) is 51.0 Å². The van der Waals surface area contributed by atoms with Crippen LogP contribution in [0.1, 0.15) is 24.2 Å². The highest BCUT2D eigenvalue weighted by molar-refractivity contribution is 7.09. The number of nitrogens with zero attached hydrogens (tertiary/aromatic N) is 6. The minimum absolute atomic E-state index is 0.0790. The van der Waals surface area contributed by atoms with Gasteiger partial charge >= 0.3 is 0 Å². The minimum atomic E-state index is 0.0790. The van der Waals surface area contributed by atoms with Gasteiger partial charge in [0, 0.05) is 43.9 Å². The number of anilines is 1. The Bertz CT molecular complexity index is 732. The molecule has 1 aliphatic heterocycles. The SMILES string of the molecule is Cc1cncn(CC2CCN(Cc3nsc(N(C)C)n3)CC2)c1=O. The average molecular weight is 348 g/mol. The summed E-state index contributed by atoms with van der Waals surface area (Å²) in [5.74, 6) is 1.43. The zero-order chi connectivity index (χ0) is 17.1. The fourth-order valence-electron chi connectivity index (χ4n) is 2.99. The fourth-order valence-corrected chi connectivity index (χ4v) is 3.58. The monoisotopic (exact) mass is 348 g/mol. The van der Waals surface area contributed by atoms with Crippen LogP contribution in [0.4, 0.5) is 5.13 Å². The molecule has 7 nitrogen and oxygen atoms in total. The molecule has 1 saturated heterocycles. The second-order valence-electron chi connectivity index (χ2n) is 6.64. The average Bonchev–Trinajstić information content (AvgIpc) is 3.02. The highest BCUT2D eigenvalue weighted by Crippen LogP contribution is 2.21. The first kappa shape index (κ1) is 17.0. The lowest BCUT2D eigenvalue weighted by Gasteiger charge is -2.31. The third kappa shape index (κ3) is 3.99. The van der Waals surface area contributed by atoms with Crippen molar-refractivity contribution >= 4 is 16.7 Å². The molecule has 3 rings (SSSR count). The Morgan fingerprint density at radius 2 is 2.08 bits per heavy atom. The second kappa shape index (κ2) is 7.40. The van der Waals surface area contributed by atoms with Crippen LogP contribution in [0.5, 0.6) is 0 Å². The Morgan fingerprint density at radius 3 is 2.75 bits per heavy atom. The Kier molecular flexibility index (Phi) is 5.25. The Balaban J connectivity index is 1.52. The van der Waals surface area contributed by atoms with Gasteiger partial charge in [-0.15, -0.1) is 0 Å². The molecule has 0 aliphatic carbocycles. The molecule has 3 heterocycles. The summed E-state index contributed by atoms with van der Waals surface area (Å²) in [6.07, 6.45) is 5.46. The van der Waals surface area contributed by atoms with Gasteiger partial charge < -0.3 is 4.90 Å². The minimum Gasteiger partial charge on any atom is -0.353 e. The van der Waals surface area contributed by atoms with E-state index in [1.54, 1.807) is 17.1 Å². The topological polar surface area (TPSA) is 67.2 Å². The molecule has 0 N–H and O–H groups in total. The molecular formula is C16H24N6OS. The number of hydrogen-bond donors (Lipinski definition) is 0. The summed E-state index contributed by atoms with van der Waals surface area (Å²) in [5, 5.41) is 0.950. The van der Waals surface area contributed by atoms with Gasteiger partial charge in [-0.1, -0.05) is 0 Å². The Labute approximate surface area is 146 Å². The van der Waals surface area contributed by atoms with Crippen molar-refractivity contribution in [1.29, 1.82) is 0 Å². The third-order valence-electron chi connectivity index (χ3n) is 4.44. The number of aromatic nitrogens is 4. The highest BCUT2D eigenvalue weighted by Gasteiger charge is 2.21. The number of piperidine rings is 1. The maximum atomic E-state index is 12.1. The van der Waals surface area contributed by atoms with Gasteiger partial charge in [0.2, 0.25) is 5.13 Å². The largest absolute Gasteiger partial charge is 0.353 e. The van der Waals surface area contributed by atoms with E-state index in [-0.39, 0.29) is 5.56 Å². The first-order valence-corrected chi connectivity index (χ1v) is 9.03. The van der Waals surface area contributed by atoms with E-state index in [0.717, 1.165) is 50.0 Å². The van der Waals surface area contributed by atoms with Crippen molar-refractivity contribution in [1.82, 2.24) is 23.8 Å². The van der Waals surface area contributed by atoms with E-state index < -0.39 is 0 Å². The first-order valence-electron chi connectivity index (χ1n) is 8.26. The van der Waals surface area contributed by atoms with Crippen molar-refractivity contribution in [2.75, 3.05) is 32.1 Å². The number of aryl methyl sites for hydroxylation is 1. The molecule has 24 heavy (non-hydrogen) atoms. The van der Waals surface area contributed by atoms with E-state index >= 15 is 0 Å². The molecule has 0 spiro atoms. The van der Waals surface area contributed by atoms with E-state index in [9.17, 15) is 4.79 Å². The summed E-state index contributed by atoms with van der Waals surface area (Å²) < 4.78 is 6.18. The van der Waals surface area contributed by atoms with Gasteiger partial charge in [0.05, 0.1) is 12.9 Å². The summed E-state index contributed by atoms with van der Waals surface area (Å²) in [5.41, 5.74) is 0.788. The van der Waals surface area contributed by atoms with E-state index in [2.05, 4.69) is 19.2 Å². The van der Waals surface area contributed by atoms with E-state index in [4.69, 9.17) is 0 Å². The molecule has 130 valence electrons. The predicted octanol–water partition coefficient (Wildman–Crippen LogP) is 1.38. The van der Waals surface area contributed by atoms with Gasteiger partial charge in [0.1, 0.15) is 0 Å². The zero-order valence-corrected chi connectivity index (χ0v) is 15.3. The maximum absolute atomic E-state index is 12.1. The lowest BCUT2D eigenvalue weighted by molar-refractivity contribution is 0.163. The first-order chi connectivity index (χ1) is 11.5.